The van der Waals surface area contributed by atoms with E-state index in [1.807, 2.05) is 13.8 Å². The Morgan fingerprint density at radius 2 is 2.33 bits per heavy atom. The molecule has 0 aromatic carbocycles. The van der Waals surface area contributed by atoms with Crippen LogP contribution in [0.25, 0.3) is 0 Å². The van der Waals surface area contributed by atoms with Gasteiger partial charge in [-0.15, -0.1) is 0 Å². The maximum Gasteiger partial charge on any atom is 0.144 e. The van der Waals surface area contributed by atoms with Gasteiger partial charge in [-0.25, -0.2) is 0 Å². The molecule has 1 aliphatic heterocycles. The number of aryl methyl sites for hydroxylation is 2. The molecule has 1 aromatic heterocycles. The van der Waals surface area contributed by atoms with Crippen molar-refractivity contribution in [3.63, 3.8) is 0 Å². The largest absolute Gasteiger partial charge is 0.488 e. The van der Waals surface area contributed by atoms with Crippen molar-refractivity contribution in [1.82, 2.24) is 4.98 Å². The Morgan fingerprint density at radius 3 is 3.17 bits per heavy atom. The van der Waals surface area contributed by atoms with E-state index in [0.717, 1.165) is 17.1 Å². The molecule has 0 N–H and O–H groups in total. The standard InChI is InChI=1S/C10H11NO/c1-5-3-8-7-4-9(7)12-10(8)6(2)11-5/h3,7,9H,4H2,1-2H3/t7?,9-/m0/s1. The van der Waals surface area contributed by atoms with Gasteiger partial charge in [0.15, 0.2) is 0 Å². The third kappa shape index (κ3) is 0.675. The van der Waals surface area contributed by atoms with Crippen molar-refractivity contribution in [3.05, 3.63) is 23.0 Å². The zero-order valence-electron chi connectivity index (χ0n) is 7.29. The minimum absolute atomic E-state index is 0.488. The van der Waals surface area contributed by atoms with Gasteiger partial charge in [0.2, 0.25) is 0 Å². The molecule has 1 fully saturated rings. The number of fused-ring (bicyclic) bond motifs is 3. The van der Waals surface area contributed by atoms with Crippen molar-refractivity contribution in [1.29, 1.82) is 0 Å². The van der Waals surface area contributed by atoms with Crippen LogP contribution >= 0.6 is 0 Å². The molecule has 0 amide bonds. The molecule has 2 heterocycles. The Labute approximate surface area is 71.6 Å². The van der Waals surface area contributed by atoms with Crippen molar-refractivity contribution in [2.75, 3.05) is 0 Å². The van der Waals surface area contributed by atoms with Gasteiger partial charge in [-0.2, -0.15) is 0 Å². The summed E-state index contributed by atoms with van der Waals surface area (Å²) >= 11 is 0. The normalized spacial score (nSPS) is 29.2. The first-order valence-electron chi connectivity index (χ1n) is 4.40. The van der Waals surface area contributed by atoms with Crippen LogP contribution in [0.5, 0.6) is 5.75 Å². The second-order valence-electron chi connectivity index (χ2n) is 3.77. The number of ether oxygens (including phenoxy) is 1. The highest BCUT2D eigenvalue weighted by Crippen LogP contribution is 2.54. The van der Waals surface area contributed by atoms with E-state index in [4.69, 9.17) is 4.74 Å². The lowest BCUT2D eigenvalue weighted by Crippen LogP contribution is -1.96. The summed E-state index contributed by atoms with van der Waals surface area (Å²) in [6.45, 7) is 4.07. The van der Waals surface area contributed by atoms with E-state index in [1.165, 1.54) is 12.0 Å². The zero-order valence-corrected chi connectivity index (χ0v) is 7.29. The molecule has 0 saturated heterocycles. The van der Waals surface area contributed by atoms with Crippen LogP contribution in [-0.4, -0.2) is 11.1 Å². The van der Waals surface area contributed by atoms with Crippen molar-refractivity contribution in [2.24, 2.45) is 0 Å². The van der Waals surface area contributed by atoms with Crippen LogP contribution in [0.1, 0.15) is 29.3 Å². The third-order valence-corrected chi connectivity index (χ3v) is 2.70. The summed E-state index contributed by atoms with van der Waals surface area (Å²) < 4.78 is 5.70. The molecule has 1 saturated carbocycles. The van der Waals surface area contributed by atoms with Crippen molar-refractivity contribution in [3.8, 4) is 5.75 Å². The van der Waals surface area contributed by atoms with Gasteiger partial charge in [0.1, 0.15) is 11.9 Å². The van der Waals surface area contributed by atoms with E-state index in [2.05, 4.69) is 11.1 Å². The molecule has 2 nitrogen and oxygen atoms in total. The fourth-order valence-electron chi connectivity index (χ4n) is 2.06. The zero-order chi connectivity index (χ0) is 8.29. The van der Waals surface area contributed by atoms with Crippen LogP contribution < -0.4 is 4.74 Å². The first-order valence-corrected chi connectivity index (χ1v) is 4.40. The first kappa shape index (κ1) is 6.46. The quantitative estimate of drug-likeness (QED) is 0.580. The Balaban J connectivity index is 2.24. The van der Waals surface area contributed by atoms with Gasteiger partial charge in [0.25, 0.3) is 0 Å². The minimum atomic E-state index is 0.488. The number of rotatable bonds is 0. The molecule has 2 atom stereocenters. The fraction of sp³-hybridized carbons (Fsp3) is 0.500. The molecule has 3 rings (SSSR count). The van der Waals surface area contributed by atoms with Crippen molar-refractivity contribution < 1.29 is 4.74 Å². The van der Waals surface area contributed by atoms with Gasteiger partial charge in [0.05, 0.1) is 5.69 Å². The molecule has 1 unspecified atom stereocenters. The predicted octanol–water partition coefficient (Wildman–Crippen LogP) is 1.95. The molecule has 0 bridgehead atoms. The Kier molecular flexibility index (Phi) is 0.978. The Morgan fingerprint density at radius 1 is 1.50 bits per heavy atom. The molecule has 2 heteroatoms. The van der Waals surface area contributed by atoms with Crippen LogP contribution in [0.3, 0.4) is 0 Å². The number of aromatic nitrogens is 1. The average molecular weight is 161 g/mol. The van der Waals surface area contributed by atoms with Crippen molar-refractivity contribution >= 4 is 0 Å². The van der Waals surface area contributed by atoms with Crippen LogP contribution in [0, 0.1) is 13.8 Å². The lowest BCUT2D eigenvalue weighted by atomic mass is 10.1. The van der Waals surface area contributed by atoms with Crippen LogP contribution in [0.4, 0.5) is 0 Å². The summed E-state index contributed by atoms with van der Waals surface area (Å²) in [7, 11) is 0. The molecule has 0 spiro atoms. The molecule has 1 aliphatic carbocycles. The predicted molar refractivity (Wildman–Crippen MR) is 45.5 cm³/mol. The van der Waals surface area contributed by atoms with E-state index in [0.29, 0.717) is 12.0 Å². The van der Waals surface area contributed by atoms with E-state index in [1.54, 1.807) is 0 Å². The minimum Gasteiger partial charge on any atom is -0.488 e. The SMILES string of the molecule is Cc1cc2c(c(C)n1)O[C@H]1CC21. The number of nitrogens with zero attached hydrogens (tertiary/aromatic N) is 1. The van der Waals surface area contributed by atoms with Gasteiger partial charge in [-0.05, 0) is 26.3 Å². The van der Waals surface area contributed by atoms with Crippen LogP contribution in [-0.2, 0) is 0 Å². The van der Waals surface area contributed by atoms with Gasteiger partial charge in [-0.1, -0.05) is 0 Å². The summed E-state index contributed by atoms with van der Waals surface area (Å²) in [6, 6.07) is 2.17. The second-order valence-corrected chi connectivity index (χ2v) is 3.77. The number of hydrogen-bond donors (Lipinski definition) is 0. The Hall–Kier alpha value is -1.05. The topological polar surface area (TPSA) is 22.1 Å². The summed E-state index contributed by atoms with van der Waals surface area (Å²) in [6.07, 6.45) is 1.71. The second kappa shape index (κ2) is 1.82. The third-order valence-electron chi connectivity index (χ3n) is 2.70. The molecule has 0 radical (unpaired) electrons. The average Bonchev–Trinajstić information content (AvgIpc) is 2.68. The highest BCUT2D eigenvalue weighted by Gasteiger charge is 2.48. The number of hydrogen-bond acceptors (Lipinski definition) is 2. The van der Waals surface area contributed by atoms with E-state index in [9.17, 15) is 0 Å². The van der Waals surface area contributed by atoms with Crippen LogP contribution in [0.15, 0.2) is 6.07 Å². The lowest BCUT2D eigenvalue weighted by molar-refractivity contribution is 0.315. The van der Waals surface area contributed by atoms with E-state index < -0.39 is 0 Å². The maximum atomic E-state index is 5.70. The van der Waals surface area contributed by atoms with E-state index in [-0.39, 0.29) is 0 Å². The van der Waals surface area contributed by atoms with Crippen LogP contribution in [0.2, 0.25) is 0 Å². The molecule has 12 heavy (non-hydrogen) atoms. The summed E-state index contributed by atoms with van der Waals surface area (Å²) in [5.41, 5.74) is 3.56. The number of pyridine rings is 1. The molecule has 1 aromatic rings. The van der Waals surface area contributed by atoms with E-state index >= 15 is 0 Å². The summed E-state index contributed by atoms with van der Waals surface area (Å²) in [4.78, 5) is 4.38. The van der Waals surface area contributed by atoms with Gasteiger partial charge < -0.3 is 4.74 Å². The van der Waals surface area contributed by atoms with Gasteiger partial charge in [0, 0.05) is 17.2 Å². The maximum absolute atomic E-state index is 5.70. The van der Waals surface area contributed by atoms with Crippen molar-refractivity contribution in [2.45, 2.75) is 32.3 Å². The molecular formula is C10H11NO. The van der Waals surface area contributed by atoms with Gasteiger partial charge in [-0.3, -0.25) is 4.98 Å². The molecule has 2 aliphatic rings. The first-order chi connectivity index (χ1) is 5.75. The Bertz CT molecular complexity index is 359. The molecule has 62 valence electrons. The monoisotopic (exact) mass is 161 g/mol. The molecular weight excluding hydrogens is 150 g/mol. The summed E-state index contributed by atoms with van der Waals surface area (Å²) in [5.74, 6) is 1.75. The lowest BCUT2D eigenvalue weighted by Gasteiger charge is -2.06. The highest BCUT2D eigenvalue weighted by molar-refractivity contribution is 5.48. The highest BCUT2D eigenvalue weighted by atomic mass is 16.5. The fourth-order valence-corrected chi connectivity index (χ4v) is 2.06. The van der Waals surface area contributed by atoms with Gasteiger partial charge >= 0.3 is 0 Å². The smallest absolute Gasteiger partial charge is 0.144 e. The summed E-state index contributed by atoms with van der Waals surface area (Å²) in [5, 5.41) is 0.